The molecular formula is C16H18N6O2S. The van der Waals surface area contributed by atoms with E-state index in [1.807, 2.05) is 13.0 Å². The van der Waals surface area contributed by atoms with Crippen LogP contribution < -0.4 is 4.74 Å². The maximum Gasteiger partial charge on any atom is 0.267 e. The van der Waals surface area contributed by atoms with Crippen molar-refractivity contribution in [1.82, 2.24) is 24.5 Å². The molecule has 2 aromatic rings. The third-order valence-electron chi connectivity index (χ3n) is 3.95. The van der Waals surface area contributed by atoms with Crippen molar-refractivity contribution in [1.29, 1.82) is 5.26 Å². The molecule has 0 N–H and O–H groups in total. The van der Waals surface area contributed by atoms with Gasteiger partial charge in [-0.2, -0.15) is 5.26 Å². The highest BCUT2D eigenvalue weighted by Crippen LogP contribution is 2.22. The summed E-state index contributed by atoms with van der Waals surface area (Å²) in [7, 11) is 0. The molecule has 0 unspecified atom stereocenters. The Bertz CT molecular complexity index is 787. The van der Waals surface area contributed by atoms with Gasteiger partial charge >= 0.3 is 0 Å². The van der Waals surface area contributed by atoms with E-state index in [-0.39, 0.29) is 23.6 Å². The van der Waals surface area contributed by atoms with Crippen LogP contribution in [0.3, 0.4) is 0 Å². The van der Waals surface area contributed by atoms with E-state index in [9.17, 15) is 4.79 Å². The van der Waals surface area contributed by atoms with Gasteiger partial charge in [0.2, 0.25) is 5.69 Å². The van der Waals surface area contributed by atoms with Crippen LogP contribution in [0.15, 0.2) is 12.4 Å². The number of aryl methyl sites for hydroxylation is 1. The van der Waals surface area contributed by atoms with E-state index in [1.165, 1.54) is 12.4 Å². The van der Waals surface area contributed by atoms with Gasteiger partial charge in [-0.25, -0.2) is 9.97 Å². The van der Waals surface area contributed by atoms with Crippen LogP contribution >= 0.6 is 11.5 Å². The lowest BCUT2D eigenvalue weighted by Crippen LogP contribution is -2.44. The standard InChI is InChI=1S/C16H18N6O2S/c1-2-4-12-14(25-21-20-12)16(23)22-8-3-5-11(10-22)24-15-13(9-17)18-6-7-19-15/h6-7,11H,2-5,8,10H2,1H3/t11-/m1/s1. The molecule has 0 bridgehead atoms. The molecule has 1 amide bonds. The lowest BCUT2D eigenvalue weighted by Gasteiger charge is -2.32. The van der Waals surface area contributed by atoms with E-state index in [0.717, 1.165) is 42.9 Å². The molecule has 0 aliphatic carbocycles. The first kappa shape index (κ1) is 17.2. The van der Waals surface area contributed by atoms with Crippen molar-refractivity contribution in [3.05, 3.63) is 28.7 Å². The first-order chi connectivity index (χ1) is 12.2. The smallest absolute Gasteiger partial charge is 0.267 e. The topological polar surface area (TPSA) is 105 Å². The number of carbonyl (C=O) groups excluding carboxylic acids is 1. The minimum absolute atomic E-state index is 0.0496. The molecule has 0 saturated carbocycles. The minimum atomic E-state index is -0.211. The molecular weight excluding hydrogens is 340 g/mol. The van der Waals surface area contributed by atoms with Crippen LogP contribution in [0.1, 0.15) is 47.2 Å². The number of amides is 1. The van der Waals surface area contributed by atoms with E-state index in [1.54, 1.807) is 4.90 Å². The van der Waals surface area contributed by atoms with Gasteiger partial charge in [0.15, 0.2) is 0 Å². The summed E-state index contributed by atoms with van der Waals surface area (Å²) in [6.45, 7) is 3.17. The van der Waals surface area contributed by atoms with Gasteiger partial charge in [-0.1, -0.05) is 17.8 Å². The van der Waals surface area contributed by atoms with Gasteiger partial charge in [-0.3, -0.25) is 4.79 Å². The van der Waals surface area contributed by atoms with Gasteiger partial charge < -0.3 is 9.64 Å². The fourth-order valence-electron chi connectivity index (χ4n) is 2.78. The van der Waals surface area contributed by atoms with E-state index in [0.29, 0.717) is 18.0 Å². The van der Waals surface area contributed by atoms with Crippen molar-refractivity contribution in [3.63, 3.8) is 0 Å². The van der Waals surface area contributed by atoms with Gasteiger partial charge in [0.1, 0.15) is 17.1 Å². The Kier molecular flexibility index (Phi) is 5.50. The summed E-state index contributed by atoms with van der Waals surface area (Å²) in [5, 5.41) is 13.2. The highest BCUT2D eigenvalue weighted by atomic mass is 32.1. The molecule has 1 saturated heterocycles. The molecule has 1 aliphatic rings. The Morgan fingerprint density at radius 2 is 2.32 bits per heavy atom. The second-order valence-corrected chi connectivity index (χ2v) is 6.51. The number of aromatic nitrogens is 4. The second-order valence-electron chi connectivity index (χ2n) is 5.75. The Morgan fingerprint density at radius 3 is 3.12 bits per heavy atom. The second kappa shape index (κ2) is 7.98. The molecule has 1 aliphatic heterocycles. The number of ether oxygens (including phenoxy) is 1. The SMILES string of the molecule is CCCc1nnsc1C(=O)N1CCC[C@@H](Oc2nccnc2C#N)C1. The molecule has 2 aromatic heterocycles. The molecule has 1 fully saturated rings. The molecule has 0 aromatic carbocycles. The van der Waals surface area contributed by atoms with Crippen LogP contribution in [-0.4, -0.2) is 49.6 Å². The molecule has 130 valence electrons. The highest BCUT2D eigenvalue weighted by Gasteiger charge is 2.29. The quantitative estimate of drug-likeness (QED) is 0.803. The van der Waals surface area contributed by atoms with E-state index >= 15 is 0 Å². The van der Waals surface area contributed by atoms with Crippen molar-refractivity contribution in [2.45, 2.75) is 38.7 Å². The summed E-state index contributed by atoms with van der Waals surface area (Å²) < 4.78 is 9.76. The first-order valence-electron chi connectivity index (χ1n) is 8.21. The number of hydrogen-bond donors (Lipinski definition) is 0. The predicted molar refractivity (Wildman–Crippen MR) is 90.2 cm³/mol. The van der Waals surface area contributed by atoms with Crippen molar-refractivity contribution in [3.8, 4) is 11.9 Å². The predicted octanol–water partition coefficient (Wildman–Crippen LogP) is 1.84. The lowest BCUT2D eigenvalue weighted by molar-refractivity contribution is 0.0529. The van der Waals surface area contributed by atoms with Gasteiger partial charge in [0.25, 0.3) is 11.8 Å². The van der Waals surface area contributed by atoms with Gasteiger partial charge in [-0.15, -0.1) is 5.10 Å². The average molecular weight is 358 g/mol. The molecule has 1 atom stereocenters. The van der Waals surface area contributed by atoms with Crippen LogP contribution in [0.4, 0.5) is 0 Å². The summed E-state index contributed by atoms with van der Waals surface area (Å²) in [5.74, 6) is 0.168. The Balaban J connectivity index is 1.69. The Morgan fingerprint density at radius 1 is 1.48 bits per heavy atom. The van der Waals surface area contributed by atoms with E-state index in [4.69, 9.17) is 10.00 Å². The largest absolute Gasteiger partial charge is 0.470 e. The molecule has 25 heavy (non-hydrogen) atoms. The summed E-state index contributed by atoms with van der Waals surface area (Å²) in [5.41, 5.74) is 0.920. The van der Waals surface area contributed by atoms with Crippen LogP contribution in [0.25, 0.3) is 0 Å². The van der Waals surface area contributed by atoms with Crippen LogP contribution in [0, 0.1) is 11.3 Å². The zero-order chi connectivity index (χ0) is 17.6. The molecule has 9 heteroatoms. The zero-order valence-electron chi connectivity index (χ0n) is 13.9. The van der Waals surface area contributed by atoms with Gasteiger partial charge in [-0.05, 0) is 30.8 Å². The molecule has 8 nitrogen and oxygen atoms in total. The number of piperidine rings is 1. The maximum atomic E-state index is 12.8. The van der Waals surface area contributed by atoms with Gasteiger partial charge in [0, 0.05) is 18.9 Å². The number of rotatable bonds is 5. The van der Waals surface area contributed by atoms with Crippen molar-refractivity contribution in [2.24, 2.45) is 0 Å². The summed E-state index contributed by atoms with van der Waals surface area (Å²) in [6, 6.07) is 1.97. The normalized spacial score (nSPS) is 17.1. The first-order valence-corrected chi connectivity index (χ1v) is 8.98. The lowest BCUT2D eigenvalue weighted by atomic mass is 10.1. The fraction of sp³-hybridized carbons (Fsp3) is 0.500. The van der Waals surface area contributed by atoms with Crippen molar-refractivity contribution in [2.75, 3.05) is 13.1 Å². The fourth-order valence-corrected chi connectivity index (χ4v) is 3.46. The minimum Gasteiger partial charge on any atom is -0.470 e. The molecule has 3 rings (SSSR count). The van der Waals surface area contributed by atoms with Gasteiger partial charge in [0.05, 0.1) is 12.2 Å². The van der Waals surface area contributed by atoms with E-state index < -0.39 is 0 Å². The van der Waals surface area contributed by atoms with Crippen LogP contribution in [0.5, 0.6) is 5.88 Å². The number of nitriles is 1. The number of carbonyl (C=O) groups is 1. The maximum absolute atomic E-state index is 12.8. The molecule has 3 heterocycles. The number of nitrogens with zero attached hydrogens (tertiary/aromatic N) is 6. The van der Waals surface area contributed by atoms with Crippen molar-refractivity contribution >= 4 is 17.4 Å². The third-order valence-corrected chi connectivity index (χ3v) is 4.71. The summed E-state index contributed by atoms with van der Waals surface area (Å²) >= 11 is 1.14. The van der Waals surface area contributed by atoms with Crippen LogP contribution in [0.2, 0.25) is 0 Å². The highest BCUT2D eigenvalue weighted by molar-refractivity contribution is 7.08. The van der Waals surface area contributed by atoms with Crippen LogP contribution in [-0.2, 0) is 6.42 Å². The number of likely N-dealkylation sites (tertiary alicyclic amines) is 1. The third kappa shape index (κ3) is 3.91. The molecule has 0 spiro atoms. The number of hydrogen-bond acceptors (Lipinski definition) is 8. The Hall–Kier alpha value is -2.60. The molecule has 0 radical (unpaired) electrons. The Labute approximate surface area is 149 Å². The summed E-state index contributed by atoms with van der Waals surface area (Å²) in [6.07, 6.45) is 6.02. The average Bonchev–Trinajstić information content (AvgIpc) is 3.10. The zero-order valence-corrected chi connectivity index (χ0v) is 14.7. The van der Waals surface area contributed by atoms with E-state index in [2.05, 4.69) is 19.6 Å². The summed E-state index contributed by atoms with van der Waals surface area (Å²) in [4.78, 5) is 23.2. The van der Waals surface area contributed by atoms with Crippen molar-refractivity contribution < 1.29 is 9.53 Å². The monoisotopic (exact) mass is 358 g/mol.